The molecular weight excluding hydrogens is 276 g/mol. The highest BCUT2D eigenvalue weighted by atomic mass is 35.5. The number of hydrogen-bond donors (Lipinski definition) is 2. The van der Waals surface area contributed by atoms with Gasteiger partial charge in [-0.2, -0.15) is 0 Å². The smallest absolute Gasteiger partial charge is 0.257 e. The second-order valence-corrected chi connectivity index (χ2v) is 4.73. The van der Waals surface area contributed by atoms with E-state index in [-0.39, 0.29) is 11.7 Å². The zero-order valence-electron chi connectivity index (χ0n) is 10.8. The molecule has 20 heavy (non-hydrogen) atoms. The van der Waals surface area contributed by atoms with Gasteiger partial charge in [0.1, 0.15) is 0 Å². The van der Waals surface area contributed by atoms with Crippen molar-refractivity contribution in [2.45, 2.75) is 6.92 Å². The zero-order valence-corrected chi connectivity index (χ0v) is 11.6. The van der Waals surface area contributed by atoms with Gasteiger partial charge in [-0.25, -0.2) is 0 Å². The van der Waals surface area contributed by atoms with Crippen LogP contribution in [0.25, 0.3) is 0 Å². The van der Waals surface area contributed by atoms with E-state index in [2.05, 4.69) is 5.32 Å². The van der Waals surface area contributed by atoms with E-state index in [0.29, 0.717) is 27.5 Å². The van der Waals surface area contributed by atoms with Crippen LogP contribution in [0.1, 0.15) is 27.6 Å². The van der Waals surface area contributed by atoms with Crippen molar-refractivity contribution in [3.63, 3.8) is 0 Å². The molecule has 0 radical (unpaired) electrons. The third kappa shape index (κ3) is 3.16. The molecule has 102 valence electrons. The van der Waals surface area contributed by atoms with Gasteiger partial charge in [-0.3, -0.25) is 9.59 Å². The minimum atomic E-state index is -0.328. The Morgan fingerprint density at radius 2 is 1.75 bits per heavy atom. The fourth-order valence-corrected chi connectivity index (χ4v) is 1.98. The Bertz CT molecular complexity index is 666. The topological polar surface area (TPSA) is 72.2 Å². The van der Waals surface area contributed by atoms with Gasteiger partial charge in [0.05, 0.1) is 10.6 Å². The van der Waals surface area contributed by atoms with Gasteiger partial charge in [-0.1, -0.05) is 11.6 Å². The van der Waals surface area contributed by atoms with Gasteiger partial charge in [0.25, 0.3) is 5.91 Å². The van der Waals surface area contributed by atoms with Gasteiger partial charge in [0.2, 0.25) is 0 Å². The van der Waals surface area contributed by atoms with E-state index in [1.807, 2.05) is 0 Å². The highest BCUT2D eigenvalue weighted by molar-refractivity contribution is 6.34. The first kappa shape index (κ1) is 14.1. The predicted octanol–water partition coefficient (Wildman–Crippen LogP) is 3.38. The van der Waals surface area contributed by atoms with E-state index in [1.54, 1.807) is 36.4 Å². The molecule has 2 aromatic carbocycles. The van der Waals surface area contributed by atoms with Gasteiger partial charge >= 0.3 is 0 Å². The van der Waals surface area contributed by atoms with E-state index in [1.165, 1.54) is 13.0 Å². The van der Waals surface area contributed by atoms with E-state index in [4.69, 9.17) is 17.3 Å². The van der Waals surface area contributed by atoms with Crippen molar-refractivity contribution in [3.8, 4) is 0 Å². The summed E-state index contributed by atoms with van der Waals surface area (Å²) in [6, 6.07) is 11.3. The average molecular weight is 289 g/mol. The van der Waals surface area contributed by atoms with Crippen LogP contribution in [-0.4, -0.2) is 11.7 Å². The molecule has 2 rings (SSSR count). The maximum atomic E-state index is 12.1. The van der Waals surface area contributed by atoms with E-state index < -0.39 is 0 Å². The number of Topliss-reactive ketones (excluding diaryl/α,β-unsaturated/α-hetero) is 1. The predicted molar refractivity (Wildman–Crippen MR) is 80.3 cm³/mol. The first-order valence-corrected chi connectivity index (χ1v) is 6.32. The SMILES string of the molecule is CC(=O)c1ccc(NC(=O)c2ccc(N)cc2Cl)cc1. The van der Waals surface area contributed by atoms with Crippen LogP contribution < -0.4 is 11.1 Å². The highest BCUT2D eigenvalue weighted by Crippen LogP contribution is 2.20. The number of halogens is 1. The van der Waals surface area contributed by atoms with Gasteiger partial charge in [0, 0.05) is 16.9 Å². The second kappa shape index (κ2) is 5.75. The number of anilines is 2. The van der Waals surface area contributed by atoms with Gasteiger partial charge < -0.3 is 11.1 Å². The Kier molecular flexibility index (Phi) is 4.05. The summed E-state index contributed by atoms with van der Waals surface area (Å²) in [6.45, 7) is 1.49. The van der Waals surface area contributed by atoms with Crippen molar-refractivity contribution >= 4 is 34.7 Å². The number of rotatable bonds is 3. The van der Waals surface area contributed by atoms with Crippen LogP contribution in [0.3, 0.4) is 0 Å². The van der Waals surface area contributed by atoms with Gasteiger partial charge in [-0.05, 0) is 49.4 Å². The van der Waals surface area contributed by atoms with Crippen molar-refractivity contribution in [1.82, 2.24) is 0 Å². The number of carbonyl (C=O) groups is 2. The maximum Gasteiger partial charge on any atom is 0.257 e. The number of nitrogens with two attached hydrogens (primary N) is 1. The molecule has 2 aromatic rings. The fourth-order valence-electron chi connectivity index (χ4n) is 1.70. The Labute approximate surface area is 121 Å². The number of ketones is 1. The molecular formula is C15H13ClN2O2. The molecule has 0 aliphatic carbocycles. The van der Waals surface area contributed by atoms with Crippen LogP contribution in [0.15, 0.2) is 42.5 Å². The van der Waals surface area contributed by atoms with Gasteiger partial charge in [0.15, 0.2) is 5.78 Å². The number of hydrogen-bond acceptors (Lipinski definition) is 3. The molecule has 0 aromatic heterocycles. The maximum absolute atomic E-state index is 12.1. The molecule has 0 spiro atoms. The van der Waals surface area contributed by atoms with E-state index in [9.17, 15) is 9.59 Å². The van der Waals surface area contributed by atoms with Crippen LogP contribution in [0.2, 0.25) is 5.02 Å². The van der Waals surface area contributed by atoms with Crippen molar-refractivity contribution < 1.29 is 9.59 Å². The molecule has 0 saturated carbocycles. The quantitative estimate of drug-likeness (QED) is 0.672. The monoisotopic (exact) mass is 288 g/mol. The minimum absolute atomic E-state index is 0.0237. The standard InChI is InChI=1S/C15H13ClN2O2/c1-9(19)10-2-5-12(6-3-10)18-15(20)13-7-4-11(17)8-14(13)16/h2-8H,17H2,1H3,(H,18,20). The molecule has 0 heterocycles. The molecule has 1 amide bonds. The number of nitrogen functional groups attached to an aromatic ring is 1. The summed E-state index contributed by atoms with van der Waals surface area (Å²) in [5.41, 5.74) is 7.60. The van der Waals surface area contributed by atoms with Crippen LogP contribution in [-0.2, 0) is 0 Å². The molecule has 0 aliphatic heterocycles. The molecule has 0 bridgehead atoms. The fraction of sp³-hybridized carbons (Fsp3) is 0.0667. The number of carbonyl (C=O) groups excluding carboxylic acids is 2. The molecule has 0 unspecified atom stereocenters. The summed E-state index contributed by atoms with van der Waals surface area (Å²) >= 11 is 5.97. The van der Waals surface area contributed by atoms with Crippen molar-refractivity contribution in [2.24, 2.45) is 0 Å². The number of benzene rings is 2. The lowest BCUT2D eigenvalue weighted by Crippen LogP contribution is -2.12. The molecule has 5 heteroatoms. The third-order valence-electron chi connectivity index (χ3n) is 2.79. The Balaban J connectivity index is 2.17. The van der Waals surface area contributed by atoms with Crippen LogP contribution in [0, 0.1) is 0 Å². The largest absolute Gasteiger partial charge is 0.399 e. The molecule has 0 saturated heterocycles. The summed E-state index contributed by atoms with van der Waals surface area (Å²) in [5.74, 6) is -0.352. The number of nitrogens with one attached hydrogen (secondary N) is 1. The van der Waals surface area contributed by atoms with Crippen molar-refractivity contribution in [1.29, 1.82) is 0 Å². The first-order chi connectivity index (χ1) is 9.47. The Morgan fingerprint density at radius 3 is 2.30 bits per heavy atom. The Hall–Kier alpha value is -2.33. The summed E-state index contributed by atoms with van der Waals surface area (Å²) in [5, 5.41) is 3.00. The van der Waals surface area contributed by atoms with Crippen LogP contribution >= 0.6 is 11.6 Å². The third-order valence-corrected chi connectivity index (χ3v) is 3.10. The normalized spacial score (nSPS) is 10.1. The molecule has 0 atom stereocenters. The zero-order chi connectivity index (χ0) is 14.7. The first-order valence-electron chi connectivity index (χ1n) is 5.95. The molecule has 0 aliphatic rings. The summed E-state index contributed by atoms with van der Waals surface area (Å²) in [4.78, 5) is 23.2. The molecule has 0 fully saturated rings. The lowest BCUT2D eigenvalue weighted by Gasteiger charge is -2.07. The molecule has 3 N–H and O–H groups in total. The van der Waals surface area contributed by atoms with Crippen molar-refractivity contribution in [2.75, 3.05) is 11.1 Å². The highest BCUT2D eigenvalue weighted by Gasteiger charge is 2.11. The lowest BCUT2D eigenvalue weighted by atomic mass is 10.1. The lowest BCUT2D eigenvalue weighted by molar-refractivity contribution is 0.101. The van der Waals surface area contributed by atoms with Crippen molar-refractivity contribution in [3.05, 3.63) is 58.6 Å². The molecule has 4 nitrogen and oxygen atoms in total. The van der Waals surface area contributed by atoms with E-state index >= 15 is 0 Å². The Morgan fingerprint density at radius 1 is 1.10 bits per heavy atom. The number of amides is 1. The van der Waals surface area contributed by atoms with Crippen LogP contribution in [0.4, 0.5) is 11.4 Å². The van der Waals surface area contributed by atoms with E-state index in [0.717, 1.165) is 0 Å². The minimum Gasteiger partial charge on any atom is -0.399 e. The van der Waals surface area contributed by atoms with Gasteiger partial charge in [-0.15, -0.1) is 0 Å². The second-order valence-electron chi connectivity index (χ2n) is 4.33. The van der Waals surface area contributed by atoms with Crippen LogP contribution in [0.5, 0.6) is 0 Å². The summed E-state index contributed by atoms with van der Waals surface area (Å²) in [6.07, 6.45) is 0. The summed E-state index contributed by atoms with van der Waals surface area (Å²) < 4.78 is 0. The average Bonchev–Trinajstić information content (AvgIpc) is 2.39. The summed E-state index contributed by atoms with van der Waals surface area (Å²) in [7, 11) is 0.